The molecule has 0 radical (unpaired) electrons. The van der Waals surface area contributed by atoms with Gasteiger partial charge in [0.1, 0.15) is 5.75 Å². The number of carbonyl (C=O) groups is 1. The molecule has 0 aliphatic carbocycles. The maximum Gasteiger partial charge on any atom is 0.273 e. The van der Waals surface area contributed by atoms with E-state index in [9.17, 15) is 4.79 Å². The molecule has 7 heteroatoms. The number of benzene rings is 1. The number of nitrogen functional groups attached to an aromatic ring is 1. The van der Waals surface area contributed by atoms with Crippen LogP contribution in [0, 0.1) is 0 Å². The Labute approximate surface area is 148 Å². The third kappa shape index (κ3) is 4.67. The minimum absolute atomic E-state index is 0.0203. The topological polar surface area (TPSA) is 93.4 Å². The summed E-state index contributed by atoms with van der Waals surface area (Å²) in [5, 5.41) is 2.92. The average molecular weight is 343 g/mol. The standard InChI is InChI=1S/C18H25N5O2/c1-4-23(5-2)15(13-7-6-8-14(11-13)25-3)12-22-18(24)16-17(19)21-10-9-20-16/h6-11,15H,4-5,12H2,1-3H3,(H2,19,21)(H,22,24)/t15-/m0/s1. The van der Waals surface area contributed by atoms with Gasteiger partial charge in [-0.3, -0.25) is 9.69 Å². The zero-order chi connectivity index (χ0) is 18.2. The van der Waals surface area contributed by atoms with Gasteiger partial charge in [0.15, 0.2) is 11.5 Å². The first-order chi connectivity index (χ1) is 12.1. The lowest BCUT2D eigenvalue weighted by molar-refractivity contribution is 0.0930. The lowest BCUT2D eigenvalue weighted by atomic mass is 10.0. The number of carbonyl (C=O) groups excluding carboxylic acids is 1. The van der Waals surface area contributed by atoms with Crippen LogP contribution in [0.5, 0.6) is 5.75 Å². The fourth-order valence-corrected chi connectivity index (χ4v) is 2.77. The number of rotatable bonds is 8. The van der Waals surface area contributed by atoms with E-state index in [1.165, 1.54) is 12.4 Å². The number of hydrogen-bond acceptors (Lipinski definition) is 6. The SMILES string of the molecule is CCN(CC)[C@@H](CNC(=O)c1nccnc1N)c1cccc(OC)c1. The number of ether oxygens (including phenoxy) is 1. The molecule has 2 rings (SSSR count). The maximum atomic E-state index is 12.4. The van der Waals surface area contributed by atoms with Crippen LogP contribution >= 0.6 is 0 Å². The van der Waals surface area contributed by atoms with E-state index in [-0.39, 0.29) is 23.5 Å². The summed E-state index contributed by atoms with van der Waals surface area (Å²) in [4.78, 5) is 22.6. The summed E-state index contributed by atoms with van der Waals surface area (Å²) in [6.07, 6.45) is 2.91. The van der Waals surface area contributed by atoms with E-state index >= 15 is 0 Å². The number of amides is 1. The van der Waals surface area contributed by atoms with Gasteiger partial charge in [0.25, 0.3) is 5.91 Å². The molecule has 25 heavy (non-hydrogen) atoms. The Morgan fingerprint density at radius 2 is 2.00 bits per heavy atom. The first kappa shape index (κ1) is 18.7. The Morgan fingerprint density at radius 1 is 1.28 bits per heavy atom. The van der Waals surface area contributed by atoms with Crippen LogP contribution in [-0.4, -0.2) is 47.5 Å². The molecule has 0 aliphatic rings. The van der Waals surface area contributed by atoms with Crippen molar-refractivity contribution in [3.05, 3.63) is 47.9 Å². The highest BCUT2D eigenvalue weighted by Crippen LogP contribution is 2.24. The molecule has 0 aliphatic heterocycles. The lowest BCUT2D eigenvalue weighted by Crippen LogP contribution is -2.38. The van der Waals surface area contributed by atoms with Crippen molar-refractivity contribution in [1.29, 1.82) is 0 Å². The van der Waals surface area contributed by atoms with Gasteiger partial charge in [0, 0.05) is 18.9 Å². The molecule has 0 spiro atoms. The highest BCUT2D eigenvalue weighted by Gasteiger charge is 2.21. The first-order valence-corrected chi connectivity index (χ1v) is 8.33. The van der Waals surface area contributed by atoms with Crippen LogP contribution in [-0.2, 0) is 0 Å². The Hall–Kier alpha value is -2.67. The van der Waals surface area contributed by atoms with E-state index in [1.807, 2.05) is 24.3 Å². The van der Waals surface area contributed by atoms with Gasteiger partial charge in [0.05, 0.1) is 13.2 Å². The van der Waals surface area contributed by atoms with Crippen molar-refractivity contribution in [3.8, 4) is 5.75 Å². The van der Waals surface area contributed by atoms with Gasteiger partial charge >= 0.3 is 0 Å². The number of aromatic nitrogens is 2. The summed E-state index contributed by atoms with van der Waals surface area (Å²) < 4.78 is 5.32. The zero-order valence-corrected chi connectivity index (χ0v) is 14.9. The lowest BCUT2D eigenvalue weighted by Gasteiger charge is -2.30. The minimum Gasteiger partial charge on any atom is -0.497 e. The Morgan fingerprint density at radius 3 is 2.64 bits per heavy atom. The van der Waals surface area contributed by atoms with E-state index < -0.39 is 0 Å². The van der Waals surface area contributed by atoms with Crippen molar-refractivity contribution < 1.29 is 9.53 Å². The van der Waals surface area contributed by atoms with Crippen molar-refractivity contribution in [2.45, 2.75) is 19.9 Å². The first-order valence-electron chi connectivity index (χ1n) is 8.33. The molecule has 0 saturated heterocycles. The highest BCUT2D eigenvalue weighted by atomic mass is 16.5. The molecule has 0 saturated carbocycles. The maximum absolute atomic E-state index is 12.4. The Kier molecular flexibility index (Phi) is 6.71. The van der Waals surface area contributed by atoms with Gasteiger partial charge in [-0.2, -0.15) is 0 Å². The van der Waals surface area contributed by atoms with Crippen LogP contribution in [0.1, 0.15) is 35.9 Å². The zero-order valence-electron chi connectivity index (χ0n) is 14.9. The molecule has 1 atom stereocenters. The summed E-state index contributed by atoms with van der Waals surface area (Å²) in [5.41, 5.74) is 6.95. The molecule has 1 amide bonds. The van der Waals surface area contributed by atoms with Gasteiger partial charge in [-0.05, 0) is 30.8 Å². The number of hydrogen-bond donors (Lipinski definition) is 2. The normalized spacial score (nSPS) is 12.0. The summed E-state index contributed by atoms with van der Waals surface area (Å²) >= 11 is 0. The minimum atomic E-state index is -0.328. The molecule has 3 N–H and O–H groups in total. The summed E-state index contributed by atoms with van der Waals surface area (Å²) in [7, 11) is 1.64. The van der Waals surface area contributed by atoms with Gasteiger partial charge in [-0.25, -0.2) is 9.97 Å². The van der Waals surface area contributed by atoms with E-state index in [0.29, 0.717) is 6.54 Å². The molecule has 1 aromatic heterocycles. The molecule has 134 valence electrons. The van der Waals surface area contributed by atoms with Crippen molar-refractivity contribution in [2.24, 2.45) is 0 Å². The Balaban J connectivity index is 2.19. The van der Waals surface area contributed by atoms with Crippen LogP contribution in [0.4, 0.5) is 5.82 Å². The van der Waals surface area contributed by atoms with E-state index in [4.69, 9.17) is 10.5 Å². The predicted octanol–water partition coefficient (Wildman–Crippen LogP) is 1.88. The van der Waals surface area contributed by atoms with Crippen LogP contribution < -0.4 is 15.8 Å². The molecule has 2 aromatic rings. The van der Waals surface area contributed by atoms with E-state index in [0.717, 1.165) is 24.4 Å². The van der Waals surface area contributed by atoms with Crippen LogP contribution in [0.2, 0.25) is 0 Å². The molecule has 1 heterocycles. The van der Waals surface area contributed by atoms with Crippen molar-refractivity contribution in [1.82, 2.24) is 20.2 Å². The van der Waals surface area contributed by atoms with Gasteiger partial charge < -0.3 is 15.8 Å². The Bertz CT molecular complexity index is 703. The van der Waals surface area contributed by atoms with E-state index in [1.54, 1.807) is 7.11 Å². The van der Waals surface area contributed by atoms with Crippen LogP contribution in [0.25, 0.3) is 0 Å². The molecular formula is C18H25N5O2. The highest BCUT2D eigenvalue weighted by molar-refractivity contribution is 5.96. The van der Waals surface area contributed by atoms with Crippen molar-refractivity contribution >= 4 is 11.7 Å². The van der Waals surface area contributed by atoms with Crippen molar-refractivity contribution in [3.63, 3.8) is 0 Å². The summed E-state index contributed by atoms with van der Waals surface area (Å²) in [6, 6.07) is 7.90. The number of likely N-dealkylation sites (N-methyl/N-ethyl adjacent to an activating group) is 1. The summed E-state index contributed by atoms with van der Waals surface area (Å²) in [5.74, 6) is 0.588. The van der Waals surface area contributed by atoms with Gasteiger partial charge in [-0.1, -0.05) is 26.0 Å². The number of nitrogens with two attached hydrogens (primary N) is 1. The molecule has 1 aromatic carbocycles. The second-order valence-electron chi connectivity index (χ2n) is 5.51. The number of nitrogens with zero attached hydrogens (tertiary/aromatic N) is 3. The number of anilines is 1. The third-order valence-corrected chi connectivity index (χ3v) is 4.13. The van der Waals surface area contributed by atoms with Gasteiger partial charge in [0.2, 0.25) is 0 Å². The summed E-state index contributed by atoms with van der Waals surface area (Å²) in [6.45, 7) is 6.35. The third-order valence-electron chi connectivity index (χ3n) is 4.13. The average Bonchev–Trinajstić information content (AvgIpc) is 2.65. The fourth-order valence-electron chi connectivity index (χ4n) is 2.77. The molecule has 0 fully saturated rings. The second kappa shape index (κ2) is 8.98. The molecule has 7 nitrogen and oxygen atoms in total. The number of nitrogens with one attached hydrogen (secondary N) is 1. The quantitative estimate of drug-likeness (QED) is 0.760. The van der Waals surface area contributed by atoms with Crippen LogP contribution in [0.3, 0.4) is 0 Å². The largest absolute Gasteiger partial charge is 0.497 e. The monoisotopic (exact) mass is 343 g/mol. The molecular weight excluding hydrogens is 318 g/mol. The smallest absolute Gasteiger partial charge is 0.273 e. The van der Waals surface area contributed by atoms with Crippen molar-refractivity contribution in [2.75, 3.05) is 32.5 Å². The van der Waals surface area contributed by atoms with E-state index in [2.05, 4.69) is 34.0 Å². The second-order valence-corrected chi connectivity index (χ2v) is 5.51. The van der Waals surface area contributed by atoms with Crippen LogP contribution in [0.15, 0.2) is 36.7 Å². The van der Waals surface area contributed by atoms with Gasteiger partial charge in [-0.15, -0.1) is 0 Å². The fraction of sp³-hybridized carbons (Fsp3) is 0.389. The predicted molar refractivity (Wildman–Crippen MR) is 97.4 cm³/mol. The number of methoxy groups -OCH3 is 1. The molecule has 0 bridgehead atoms. The molecule has 0 unspecified atom stereocenters.